The SMILES string of the molecule is CN(CCC(O)c1ccc(Br)cc1Cl)Cc1csc(Br)c1. The van der Waals surface area contributed by atoms with Gasteiger partial charge in [-0.1, -0.05) is 33.6 Å². The zero-order valence-corrected chi connectivity index (χ0v) is 16.3. The van der Waals surface area contributed by atoms with Gasteiger partial charge in [0.2, 0.25) is 0 Å². The van der Waals surface area contributed by atoms with Gasteiger partial charge in [-0.25, -0.2) is 0 Å². The van der Waals surface area contributed by atoms with E-state index in [9.17, 15) is 5.11 Å². The maximum absolute atomic E-state index is 10.3. The lowest BCUT2D eigenvalue weighted by atomic mass is 10.1. The summed E-state index contributed by atoms with van der Waals surface area (Å²) in [6.45, 7) is 1.68. The number of halogens is 3. The van der Waals surface area contributed by atoms with Crippen molar-refractivity contribution in [3.8, 4) is 0 Å². The molecule has 0 aliphatic carbocycles. The number of nitrogens with zero attached hydrogens (tertiary/aromatic N) is 1. The minimum atomic E-state index is -0.540. The molecule has 2 nitrogen and oxygen atoms in total. The highest BCUT2D eigenvalue weighted by Crippen LogP contribution is 2.28. The average Bonchev–Trinajstić information content (AvgIpc) is 2.81. The standard InChI is InChI=1S/C15H16Br2ClNOS/c1-19(8-10-6-15(17)21-9-10)5-4-14(20)12-3-2-11(16)7-13(12)18/h2-3,6-7,9,14,20H,4-5,8H2,1H3. The molecule has 1 N–H and O–H groups in total. The fourth-order valence-electron chi connectivity index (χ4n) is 2.09. The maximum atomic E-state index is 10.3. The molecule has 0 aliphatic rings. The van der Waals surface area contributed by atoms with Gasteiger partial charge in [-0.15, -0.1) is 11.3 Å². The first-order chi connectivity index (χ1) is 9.95. The molecule has 0 spiro atoms. The van der Waals surface area contributed by atoms with Crippen LogP contribution in [0.25, 0.3) is 0 Å². The Labute approximate surface area is 151 Å². The van der Waals surface area contributed by atoms with Gasteiger partial charge in [0.15, 0.2) is 0 Å². The Kier molecular flexibility index (Phi) is 6.72. The summed E-state index contributed by atoms with van der Waals surface area (Å²) in [6.07, 6.45) is 0.116. The highest BCUT2D eigenvalue weighted by molar-refractivity contribution is 9.11. The minimum absolute atomic E-state index is 0.540. The molecule has 0 radical (unpaired) electrons. The Morgan fingerprint density at radius 1 is 1.33 bits per heavy atom. The molecule has 0 fully saturated rings. The summed E-state index contributed by atoms with van der Waals surface area (Å²) in [5.74, 6) is 0. The zero-order chi connectivity index (χ0) is 15.4. The van der Waals surface area contributed by atoms with E-state index in [4.69, 9.17) is 11.6 Å². The van der Waals surface area contributed by atoms with Gasteiger partial charge in [0, 0.05) is 22.6 Å². The summed E-state index contributed by atoms with van der Waals surface area (Å²) in [5, 5.41) is 13.0. The van der Waals surface area contributed by atoms with Gasteiger partial charge in [-0.05, 0) is 64.1 Å². The summed E-state index contributed by atoms with van der Waals surface area (Å²) < 4.78 is 2.07. The fourth-order valence-corrected chi connectivity index (χ4v) is 4.09. The summed E-state index contributed by atoms with van der Waals surface area (Å²) >= 11 is 14.7. The maximum Gasteiger partial charge on any atom is 0.0816 e. The molecule has 114 valence electrons. The monoisotopic (exact) mass is 451 g/mol. The van der Waals surface area contributed by atoms with Gasteiger partial charge in [0.25, 0.3) is 0 Å². The van der Waals surface area contributed by atoms with Gasteiger partial charge in [0.1, 0.15) is 0 Å². The summed E-state index contributed by atoms with van der Waals surface area (Å²) in [4.78, 5) is 2.20. The van der Waals surface area contributed by atoms with Gasteiger partial charge in [-0.3, -0.25) is 0 Å². The first-order valence-corrected chi connectivity index (χ1v) is 9.34. The van der Waals surface area contributed by atoms with Crippen molar-refractivity contribution in [1.29, 1.82) is 0 Å². The van der Waals surface area contributed by atoms with E-state index in [2.05, 4.69) is 55.3 Å². The predicted octanol–water partition coefficient (Wildman–Crippen LogP) is 5.48. The summed E-state index contributed by atoms with van der Waals surface area (Å²) in [6, 6.07) is 7.71. The van der Waals surface area contributed by atoms with Crippen molar-refractivity contribution in [3.05, 3.63) is 54.1 Å². The third kappa shape index (κ3) is 5.34. The van der Waals surface area contributed by atoms with Crippen molar-refractivity contribution < 1.29 is 5.11 Å². The van der Waals surface area contributed by atoms with Crippen LogP contribution in [0.4, 0.5) is 0 Å². The van der Waals surface area contributed by atoms with Crippen molar-refractivity contribution in [1.82, 2.24) is 4.90 Å². The summed E-state index contributed by atoms with van der Waals surface area (Å²) in [5.41, 5.74) is 2.07. The second-order valence-electron chi connectivity index (χ2n) is 4.97. The highest BCUT2D eigenvalue weighted by Gasteiger charge is 2.13. The molecule has 1 aromatic heterocycles. The van der Waals surface area contributed by atoms with Crippen LogP contribution in [0.2, 0.25) is 5.02 Å². The average molecular weight is 454 g/mol. The van der Waals surface area contributed by atoms with E-state index in [1.807, 2.05) is 18.2 Å². The number of aliphatic hydroxyl groups excluding tert-OH is 1. The van der Waals surface area contributed by atoms with E-state index in [1.165, 1.54) is 5.56 Å². The van der Waals surface area contributed by atoms with Crippen molar-refractivity contribution >= 4 is 54.8 Å². The number of thiophene rings is 1. The number of aliphatic hydroxyl groups is 1. The van der Waals surface area contributed by atoms with E-state index in [0.29, 0.717) is 11.4 Å². The molecule has 1 aromatic carbocycles. The van der Waals surface area contributed by atoms with Crippen molar-refractivity contribution in [3.63, 3.8) is 0 Å². The minimum Gasteiger partial charge on any atom is -0.388 e. The molecule has 1 atom stereocenters. The highest BCUT2D eigenvalue weighted by atomic mass is 79.9. The molecule has 0 amide bonds. The molecule has 1 unspecified atom stereocenters. The Bertz CT molecular complexity index is 605. The first kappa shape index (κ1) is 17.4. The summed E-state index contributed by atoms with van der Waals surface area (Å²) in [7, 11) is 2.06. The quantitative estimate of drug-likeness (QED) is 0.626. The van der Waals surface area contributed by atoms with Crippen molar-refractivity contribution in [2.75, 3.05) is 13.6 Å². The lowest BCUT2D eigenvalue weighted by Crippen LogP contribution is -2.20. The molecular formula is C15H16Br2ClNOS. The lowest BCUT2D eigenvalue weighted by molar-refractivity contribution is 0.148. The van der Waals surface area contributed by atoms with E-state index < -0.39 is 6.10 Å². The largest absolute Gasteiger partial charge is 0.388 e. The molecule has 6 heteroatoms. The Morgan fingerprint density at radius 2 is 2.10 bits per heavy atom. The number of hydrogen-bond donors (Lipinski definition) is 1. The van der Waals surface area contributed by atoms with Crippen LogP contribution in [0.15, 0.2) is 37.9 Å². The molecule has 21 heavy (non-hydrogen) atoms. The van der Waals surface area contributed by atoms with E-state index in [0.717, 1.165) is 26.9 Å². The Balaban J connectivity index is 1.86. The van der Waals surface area contributed by atoms with Crippen LogP contribution in [-0.4, -0.2) is 23.6 Å². The van der Waals surface area contributed by atoms with Crippen LogP contribution in [-0.2, 0) is 6.54 Å². The van der Waals surface area contributed by atoms with Crippen LogP contribution < -0.4 is 0 Å². The van der Waals surface area contributed by atoms with E-state index >= 15 is 0 Å². The second-order valence-corrected chi connectivity index (χ2v) is 8.58. The van der Waals surface area contributed by atoms with Crippen LogP contribution >= 0.6 is 54.8 Å². The number of hydrogen-bond acceptors (Lipinski definition) is 3. The smallest absolute Gasteiger partial charge is 0.0816 e. The number of benzene rings is 1. The van der Waals surface area contributed by atoms with E-state index in [-0.39, 0.29) is 0 Å². The molecule has 0 aliphatic heterocycles. The number of rotatable bonds is 6. The molecule has 2 aromatic rings. The van der Waals surface area contributed by atoms with Gasteiger partial charge < -0.3 is 10.0 Å². The van der Waals surface area contributed by atoms with Crippen molar-refractivity contribution in [2.24, 2.45) is 0 Å². The van der Waals surface area contributed by atoms with Crippen LogP contribution in [0.5, 0.6) is 0 Å². The fraction of sp³-hybridized carbons (Fsp3) is 0.333. The predicted molar refractivity (Wildman–Crippen MR) is 97.1 cm³/mol. The molecule has 0 bridgehead atoms. The van der Waals surface area contributed by atoms with E-state index in [1.54, 1.807) is 11.3 Å². The first-order valence-electron chi connectivity index (χ1n) is 6.50. The van der Waals surface area contributed by atoms with Crippen molar-refractivity contribution in [2.45, 2.75) is 19.1 Å². The van der Waals surface area contributed by atoms with Crippen LogP contribution in [0.3, 0.4) is 0 Å². The zero-order valence-electron chi connectivity index (χ0n) is 11.5. The molecular weight excluding hydrogens is 437 g/mol. The van der Waals surface area contributed by atoms with Crippen LogP contribution in [0.1, 0.15) is 23.7 Å². The molecule has 0 saturated carbocycles. The Hall–Kier alpha value is 0.0900. The molecule has 1 heterocycles. The van der Waals surface area contributed by atoms with Gasteiger partial charge >= 0.3 is 0 Å². The normalized spacial score (nSPS) is 12.9. The Morgan fingerprint density at radius 3 is 2.71 bits per heavy atom. The lowest BCUT2D eigenvalue weighted by Gasteiger charge is -2.19. The molecule has 2 rings (SSSR count). The van der Waals surface area contributed by atoms with Crippen LogP contribution in [0, 0.1) is 0 Å². The topological polar surface area (TPSA) is 23.5 Å². The van der Waals surface area contributed by atoms with Gasteiger partial charge in [-0.2, -0.15) is 0 Å². The third-order valence-electron chi connectivity index (χ3n) is 3.18. The second kappa shape index (κ2) is 8.09. The third-order valence-corrected chi connectivity index (χ3v) is 5.55. The molecule has 0 saturated heterocycles. The van der Waals surface area contributed by atoms with Gasteiger partial charge in [0.05, 0.1) is 9.89 Å².